The van der Waals surface area contributed by atoms with E-state index >= 15 is 0 Å². The van der Waals surface area contributed by atoms with Crippen LogP contribution < -0.4 is 21.3 Å². The summed E-state index contributed by atoms with van der Waals surface area (Å²) in [5.74, 6) is -5.09. The molecule has 2 aromatic carbocycles. The van der Waals surface area contributed by atoms with E-state index in [2.05, 4.69) is 42.0 Å². The largest absolute Gasteiger partial charge is 0.480 e. The van der Waals surface area contributed by atoms with E-state index in [1.165, 1.54) is 10.8 Å². The Balaban J connectivity index is 1.62. The fourth-order valence-electron chi connectivity index (χ4n) is 6.30. The predicted octanol–water partition coefficient (Wildman–Crippen LogP) is 5.54. The summed E-state index contributed by atoms with van der Waals surface area (Å²) in [7, 11) is 3.08. The van der Waals surface area contributed by atoms with Gasteiger partial charge in [-0.1, -0.05) is 123 Å². The molecule has 0 aromatic heterocycles. The summed E-state index contributed by atoms with van der Waals surface area (Å²) in [6.07, 6.45) is 8.17. The summed E-state index contributed by atoms with van der Waals surface area (Å²) in [5.41, 5.74) is 1.65. The third-order valence-corrected chi connectivity index (χ3v) is 12.9. The van der Waals surface area contributed by atoms with E-state index in [-0.39, 0.29) is 54.6 Å². The zero-order valence-corrected chi connectivity index (χ0v) is 38.3. The van der Waals surface area contributed by atoms with Gasteiger partial charge in [-0.05, 0) is 44.2 Å². The van der Waals surface area contributed by atoms with Gasteiger partial charge < -0.3 is 36.6 Å². The zero-order chi connectivity index (χ0) is 46.6. The minimum absolute atomic E-state index is 0.0185. The van der Waals surface area contributed by atoms with Crippen LogP contribution in [0.15, 0.2) is 54.6 Å². The van der Waals surface area contributed by atoms with Crippen LogP contribution in [-0.4, -0.2) is 123 Å². The first kappa shape index (κ1) is 54.2. The standard InChI is InChI=1S/C45H65N5O11S2/c1-45(2,3)63-62-31-35(49-38(52)25-24-37(51)46-26-16-13-19-36(44(60)61)50(29-39(53)54)30-40(55)56)43(59)48-28-15-9-7-5-4-6-8-14-27-47-42(58)34-22-20-33(21-23-34)41(57)32-17-11-10-12-18-32/h10-12,17-18,20-23,35-36H,4-9,13-16,19,24-31H2,1-3H3,(H,46,51)(H,47,58)(H,48,59)(H,49,52)(H,53,54)(H,55,56)(H,60,61). The van der Waals surface area contributed by atoms with Gasteiger partial charge in [0.25, 0.3) is 5.91 Å². The smallest absolute Gasteiger partial charge is 0.320 e. The van der Waals surface area contributed by atoms with Gasteiger partial charge >= 0.3 is 17.9 Å². The number of carboxylic acid groups (broad SMARTS) is 3. The van der Waals surface area contributed by atoms with Gasteiger partial charge in [0.2, 0.25) is 17.7 Å². The molecule has 0 heterocycles. The monoisotopic (exact) mass is 915 g/mol. The number of amides is 4. The summed E-state index contributed by atoms with van der Waals surface area (Å²) in [6.45, 7) is 5.90. The zero-order valence-electron chi connectivity index (χ0n) is 36.7. The quantitative estimate of drug-likeness (QED) is 0.0264. The molecule has 0 saturated carbocycles. The van der Waals surface area contributed by atoms with Gasteiger partial charge in [-0.15, -0.1) is 0 Å². The summed E-state index contributed by atoms with van der Waals surface area (Å²) in [6, 6.07) is 13.6. The lowest BCUT2D eigenvalue weighted by Gasteiger charge is -2.25. The molecule has 2 rings (SSSR count). The van der Waals surface area contributed by atoms with Crippen molar-refractivity contribution in [2.45, 2.75) is 121 Å². The SMILES string of the molecule is CC(C)(C)SSCC(NC(=O)CCC(=O)NCCCCC(C(=O)O)N(CC(=O)O)CC(=O)O)C(=O)NCCCCCCCCCCNC(=O)c1ccc(C(=O)c2ccccc2)cc1. The fourth-order valence-corrected chi connectivity index (χ4v) is 8.76. The molecule has 2 aromatic rings. The van der Waals surface area contributed by atoms with Crippen LogP contribution in [0.5, 0.6) is 0 Å². The lowest BCUT2D eigenvalue weighted by molar-refractivity contribution is -0.149. The topological polar surface area (TPSA) is 249 Å². The number of nitrogens with zero attached hydrogens (tertiary/aromatic N) is 1. The van der Waals surface area contributed by atoms with Crippen molar-refractivity contribution in [2.75, 3.05) is 38.5 Å². The maximum Gasteiger partial charge on any atom is 0.320 e. The van der Waals surface area contributed by atoms with Crippen LogP contribution in [0, 0.1) is 0 Å². The minimum Gasteiger partial charge on any atom is -0.480 e. The molecule has 0 bridgehead atoms. The van der Waals surface area contributed by atoms with Crippen molar-refractivity contribution in [3.8, 4) is 0 Å². The lowest BCUT2D eigenvalue weighted by Crippen LogP contribution is -2.48. The van der Waals surface area contributed by atoms with Crippen molar-refractivity contribution in [2.24, 2.45) is 0 Å². The molecule has 0 saturated heterocycles. The molecule has 63 heavy (non-hydrogen) atoms. The Morgan fingerprint density at radius 1 is 0.603 bits per heavy atom. The van der Waals surface area contributed by atoms with E-state index in [9.17, 15) is 43.5 Å². The van der Waals surface area contributed by atoms with E-state index in [0.717, 1.165) is 56.3 Å². The molecule has 2 atom stereocenters. The van der Waals surface area contributed by atoms with Crippen LogP contribution >= 0.6 is 21.6 Å². The molecule has 348 valence electrons. The predicted molar refractivity (Wildman–Crippen MR) is 245 cm³/mol. The van der Waals surface area contributed by atoms with Crippen LogP contribution in [0.25, 0.3) is 0 Å². The van der Waals surface area contributed by atoms with Gasteiger partial charge in [-0.25, -0.2) is 0 Å². The molecule has 0 aliphatic heterocycles. The van der Waals surface area contributed by atoms with E-state index < -0.39 is 54.9 Å². The molecule has 4 amide bonds. The highest BCUT2D eigenvalue weighted by molar-refractivity contribution is 8.77. The Bertz CT molecular complexity index is 1760. The van der Waals surface area contributed by atoms with E-state index in [0.29, 0.717) is 42.0 Å². The van der Waals surface area contributed by atoms with Gasteiger partial charge in [0.1, 0.15) is 12.1 Å². The van der Waals surface area contributed by atoms with Crippen molar-refractivity contribution in [1.82, 2.24) is 26.2 Å². The van der Waals surface area contributed by atoms with Crippen molar-refractivity contribution in [3.63, 3.8) is 0 Å². The third kappa shape index (κ3) is 24.5. The fraction of sp³-hybridized carbons (Fsp3) is 0.556. The molecule has 0 radical (unpaired) electrons. The molecule has 0 spiro atoms. The first-order valence-corrected chi connectivity index (χ1v) is 23.8. The van der Waals surface area contributed by atoms with Gasteiger partial charge in [0.15, 0.2) is 5.78 Å². The molecule has 2 unspecified atom stereocenters. The van der Waals surface area contributed by atoms with Crippen molar-refractivity contribution < 1.29 is 53.7 Å². The molecule has 0 aliphatic rings. The van der Waals surface area contributed by atoms with Crippen LogP contribution in [-0.2, 0) is 28.8 Å². The Hall–Kier alpha value is -4.94. The number of benzene rings is 2. The lowest BCUT2D eigenvalue weighted by atomic mass is 10.0. The second-order valence-corrected chi connectivity index (χ2v) is 19.3. The maximum atomic E-state index is 13.1. The van der Waals surface area contributed by atoms with Gasteiger partial charge in [0, 0.05) is 59.7 Å². The average Bonchev–Trinajstić information content (AvgIpc) is 3.23. The molecule has 7 N–H and O–H groups in total. The molecule has 18 heteroatoms. The molecular formula is C45H65N5O11S2. The van der Waals surface area contributed by atoms with Gasteiger partial charge in [-0.2, -0.15) is 0 Å². The maximum absolute atomic E-state index is 13.1. The number of hydrogen-bond acceptors (Lipinski definition) is 11. The summed E-state index contributed by atoms with van der Waals surface area (Å²) in [5, 5.41) is 38.9. The Labute approximate surface area is 378 Å². The summed E-state index contributed by atoms with van der Waals surface area (Å²) >= 11 is 0. The molecule has 0 aliphatic carbocycles. The second-order valence-electron chi connectivity index (χ2n) is 16.1. The number of carbonyl (C=O) groups excluding carboxylic acids is 5. The highest BCUT2D eigenvalue weighted by Gasteiger charge is 2.29. The van der Waals surface area contributed by atoms with Crippen molar-refractivity contribution >= 4 is 68.9 Å². The van der Waals surface area contributed by atoms with Gasteiger partial charge in [-0.3, -0.25) is 43.3 Å². The second kappa shape index (κ2) is 30.2. The third-order valence-electron chi connectivity index (χ3n) is 9.54. The summed E-state index contributed by atoms with van der Waals surface area (Å²) in [4.78, 5) is 98.2. The van der Waals surface area contributed by atoms with Crippen LogP contribution in [0.3, 0.4) is 0 Å². The summed E-state index contributed by atoms with van der Waals surface area (Å²) < 4.78 is -0.0599. The Morgan fingerprint density at radius 2 is 1.10 bits per heavy atom. The van der Waals surface area contributed by atoms with Crippen LogP contribution in [0.4, 0.5) is 0 Å². The van der Waals surface area contributed by atoms with Crippen LogP contribution in [0.2, 0.25) is 0 Å². The number of aliphatic carboxylic acids is 3. The first-order valence-electron chi connectivity index (χ1n) is 21.5. The van der Waals surface area contributed by atoms with E-state index in [1.807, 2.05) is 18.2 Å². The number of carbonyl (C=O) groups is 8. The van der Waals surface area contributed by atoms with E-state index in [1.54, 1.807) is 47.2 Å². The first-order chi connectivity index (χ1) is 30.0. The minimum atomic E-state index is -1.35. The van der Waals surface area contributed by atoms with E-state index in [4.69, 9.17) is 10.2 Å². The highest BCUT2D eigenvalue weighted by Crippen LogP contribution is 2.35. The highest BCUT2D eigenvalue weighted by atomic mass is 33.1. The number of ketones is 1. The number of hydrogen-bond donors (Lipinski definition) is 7. The number of carboxylic acids is 3. The molecular weight excluding hydrogens is 851 g/mol. The number of unbranched alkanes of at least 4 members (excludes halogenated alkanes) is 8. The van der Waals surface area contributed by atoms with Crippen molar-refractivity contribution in [3.05, 3.63) is 71.3 Å². The molecule has 0 fully saturated rings. The number of rotatable bonds is 33. The van der Waals surface area contributed by atoms with Gasteiger partial charge in [0.05, 0.1) is 13.1 Å². The normalized spacial score (nSPS) is 12.2. The molecule has 16 nitrogen and oxygen atoms in total. The Kier molecular flexibility index (Phi) is 26.0. The van der Waals surface area contributed by atoms with Crippen LogP contribution in [0.1, 0.15) is 131 Å². The number of nitrogens with one attached hydrogen (secondary N) is 4. The average molecular weight is 916 g/mol. The van der Waals surface area contributed by atoms with Crippen molar-refractivity contribution in [1.29, 1.82) is 0 Å². The Morgan fingerprint density at radius 3 is 1.65 bits per heavy atom.